The van der Waals surface area contributed by atoms with Crippen molar-refractivity contribution in [3.05, 3.63) is 34.3 Å². The topological polar surface area (TPSA) is 40.5 Å². The van der Waals surface area contributed by atoms with E-state index in [0.29, 0.717) is 6.54 Å². The maximum Gasteiger partial charge on any atom is 0.307 e. The van der Waals surface area contributed by atoms with Gasteiger partial charge in [-0.3, -0.25) is 9.69 Å². The van der Waals surface area contributed by atoms with E-state index < -0.39 is 5.97 Å². The lowest BCUT2D eigenvalue weighted by Gasteiger charge is -2.31. The van der Waals surface area contributed by atoms with Crippen molar-refractivity contribution in [2.45, 2.75) is 32.7 Å². The molecule has 4 heteroatoms. The maximum absolute atomic E-state index is 11.1. The van der Waals surface area contributed by atoms with Gasteiger partial charge in [0.15, 0.2) is 0 Å². The van der Waals surface area contributed by atoms with Crippen molar-refractivity contribution in [2.24, 2.45) is 5.92 Å². The summed E-state index contributed by atoms with van der Waals surface area (Å²) < 4.78 is 0. The molecular weight excluding hydrogens is 262 g/mol. The lowest BCUT2D eigenvalue weighted by atomic mass is 9.97. The molecule has 0 aromatic heterocycles. The zero-order valence-electron chi connectivity index (χ0n) is 11.2. The van der Waals surface area contributed by atoms with Crippen LogP contribution in [0.15, 0.2) is 18.2 Å². The average molecular weight is 282 g/mol. The van der Waals surface area contributed by atoms with E-state index in [1.807, 2.05) is 12.1 Å². The third-order valence-corrected chi connectivity index (χ3v) is 4.19. The monoisotopic (exact) mass is 281 g/mol. The van der Waals surface area contributed by atoms with Crippen LogP contribution in [0.4, 0.5) is 0 Å². The summed E-state index contributed by atoms with van der Waals surface area (Å²) in [5.74, 6) is -0.916. The minimum atomic E-state index is -0.681. The number of rotatable bonds is 4. The summed E-state index contributed by atoms with van der Waals surface area (Å²) in [5, 5.41) is 9.91. The summed E-state index contributed by atoms with van der Waals surface area (Å²) in [6, 6.07) is 5.98. The third kappa shape index (κ3) is 3.48. The normalized spacial score (nSPS) is 20.4. The lowest BCUT2D eigenvalue weighted by Crippen LogP contribution is -2.38. The molecule has 1 aliphatic heterocycles. The molecule has 1 aromatic carbocycles. The predicted molar refractivity (Wildman–Crippen MR) is 76.5 cm³/mol. The Balaban J connectivity index is 2.10. The van der Waals surface area contributed by atoms with Crippen molar-refractivity contribution in [1.82, 2.24) is 4.90 Å². The Morgan fingerprint density at radius 3 is 3.00 bits per heavy atom. The van der Waals surface area contributed by atoms with Crippen molar-refractivity contribution in [3.63, 3.8) is 0 Å². The molecule has 1 N–H and O–H groups in total. The van der Waals surface area contributed by atoms with E-state index in [2.05, 4.69) is 17.9 Å². The van der Waals surface area contributed by atoms with Gasteiger partial charge in [-0.25, -0.2) is 0 Å². The van der Waals surface area contributed by atoms with E-state index in [1.54, 1.807) is 0 Å². The van der Waals surface area contributed by atoms with Crippen LogP contribution in [0.25, 0.3) is 0 Å². The standard InChI is InChI=1S/C15H20ClNO2/c1-2-11-5-3-7-14(16)13(11)10-17-8-4-6-12(9-17)15(18)19/h3,5,7,12H,2,4,6,8-10H2,1H3,(H,18,19). The summed E-state index contributed by atoms with van der Waals surface area (Å²) >= 11 is 6.28. The molecule has 0 bridgehead atoms. The van der Waals surface area contributed by atoms with Crippen LogP contribution >= 0.6 is 11.6 Å². The number of piperidine rings is 1. The number of carboxylic acid groups (broad SMARTS) is 1. The number of benzene rings is 1. The van der Waals surface area contributed by atoms with Crippen LogP contribution in [0.2, 0.25) is 5.02 Å². The van der Waals surface area contributed by atoms with Gasteiger partial charge in [0.1, 0.15) is 0 Å². The number of carboxylic acids is 1. The molecule has 19 heavy (non-hydrogen) atoms. The first-order chi connectivity index (χ1) is 9.11. The number of nitrogens with zero attached hydrogens (tertiary/aromatic N) is 1. The molecule has 0 saturated carbocycles. The van der Waals surface area contributed by atoms with E-state index in [0.717, 1.165) is 42.9 Å². The summed E-state index contributed by atoms with van der Waals surface area (Å²) in [7, 11) is 0. The van der Waals surface area contributed by atoms with Crippen molar-refractivity contribution >= 4 is 17.6 Å². The van der Waals surface area contributed by atoms with Crippen molar-refractivity contribution in [2.75, 3.05) is 13.1 Å². The van der Waals surface area contributed by atoms with E-state index in [9.17, 15) is 4.79 Å². The van der Waals surface area contributed by atoms with Crippen LogP contribution in [0, 0.1) is 5.92 Å². The first-order valence-corrected chi connectivity index (χ1v) is 7.21. The van der Waals surface area contributed by atoms with Crippen molar-refractivity contribution in [1.29, 1.82) is 0 Å². The van der Waals surface area contributed by atoms with Gasteiger partial charge in [0.25, 0.3) is 0 Å². The summed E-state index contributed by atoms with van der Waals surface area (Å²) in [6.45, 7) is 4.46. The van der Waals surface area contributed by atoms with Crippen LogP contribution in [0.3, 0.4) is 0 Å². The Bertz CT molecular complexity index is 461. The molecule has 1 unspecified atom stereocenters. The largest absolute Gasteiger partial charge is 0.481 e. The highest BCUT2D eigenvalue weighted by Gasteiger charge is 2.25. The highest BCUT2D eigenvalue weighted by Crippen LogP contribution is 2.25. The second kappa shape index (κ2) is 6.40. The van der Waals surface area contributed by atoms with Gasteiger partial charge in [-0.05, 0) is 43.0 Å². The van der Waals surface area contributed by atoms with Crippen molar-refractivity contribution in [3.8, 4) is 0 Å². The third-order valence-electron chi connectivity index (χ3n) is 3.83. The Kier molecular flexibility index (Phi) is 4.83. The maximum atomic E-state index is 11.1. The number of hydrogen-bond donors (Lipinski definition) is 1. The van der Waals surface area contributed by atoms with Gasteiger partial charge in [0.05, 0.1) is 5.92 Å². The number of aryl methyl sites for hydroxylation is 1. The Labute approximate surface area is 119 Å². The first kappa shape index (κ1) is 14.4. The molecule has 3 nitrogen and oxygen atoms in total. The van der Waals surface area contributed by atoms with Crippen molar-refractivity contribution < 1.29 is 9.90 Å². The quantitative estimate of drug-likeness (QED) is 0.921. The molecule has 1 atom stereocenters. The van der Waals surface area contributed by atoms with E-state index in [1.165, 1.54) is 5.56 Å². The molecule has 0 spiro atoms. The number of hydrogen-bond acceptors (Lipinski definition) is 2. The fraction of sp³-hybridized carbons (Fsp3) is 0.533. The molecular formula is C15H20ClNO2. The SMILES string of the molecule is CCc1cccc(Cl)c1CN1CCCC(C(=O)O)C1. The van der Waals surface area contributed by atoms with Gasteiger partial charge < -0.3 is 5.11 Å². The van der Waals surface area contributed by atoms with Crippen LogP contribution in [0.1, 0.15) is 30.9 Å². The zero-order chi connectivity index (χ0) is 13.8. The smallest absolute Gasteiger partial charge is 0.307 e. The van der Waals surface area contributed by atoms with E-state index in [4.69, 9.17) is 16.7 Å². The molecule has 1 fully saturated rings. The number of carbonyl (C=O) groups is 1. The first-order valence-electron chi connectivity index (χ1n) is 6.83. The van der Waals surface area contributed by atoms with E-state index in [-0.39, 0.29) is 5.92 Å². The van der Waals surface area contributed by atoms with Gasteiger partial charge in [-0.15, -0.1) is 0 Å². The van der Waals surface area contributed by atoms with Gasteiger partial charge in [-0.2, -0.15) is 0 Å². The predicted octanol–water partition coefficient (Wildman–Crippen LogP) is 3.20. The van der Waals surface area contributed by atoms with Crippen LogP contribution in [-0.2, 0) is 17.8 Å². The Morgan fingerprint density at radius 1 is 1.53 bits per heavy atom. The number of aliphatic carboxylic acids is 1. The van der Waals surface area contributed by atoms with Gasteiger partial charge in [-0.1, -0.05) is 30.7 Å². The van der Waals surface area contributed by atoms with Gasteiger partial charge in [0.2, 0.25) is 0 Å². The van der Waals surface area contributed by atoms with Crippen LogP contribution in [0.5, 0.6) is 0 Å². The second-order valence-corrected chi connectivity index (χ2v) is 5.55. The molecule has 104 valence electrons. The molecule has 1 aliphatic rings. The lowest BCUT2D eigenvalue weighted by molar-refractivity contribution is -0.143. The molecule has 0 aliphatic carbocycles. The Morgan fingerprint density at radius 2 is 2.32 bits per heavy atom. The fourth-order valence-corrected chi connectivity index (χ4v) is 2.99. The molecule has 0 radical (unpaired) electrons. The minimum Gasteiger partial charge on any atom is -0.481 e. The number of likely N-dealkylation sites (tertiary alicyclic amines) is 1. The molecule has 0 amide bonds. The molecule has 1 heterocycles. The number of halogens is 1. The molecule has 1 saturated heterocycles. The highest BCUT2D eigenvalue weighted by molar-refractivity contribution is 6.31. The summed E-state index contributed by atoms with van der Waals surface area (Å²) in [4.78, 5) is 13.3. The summed E-state index contributed by atoms with van der Waals surface area (Å²) in [5.41, 5.74) is 2.41. The molecule has 2 rings (SSSR count). The second-order valence-electron chi connectivity index (χ2n) is 5.14. The van der Waals surface area contributed by atoms with Crippen LogP contribution in [-0.4, -0.2) is 29.1 Å². The average Bonchev–Trinajstić information content (AvgIpc) is 2.41. The Hall–Kier alpha value is -1.06. The highest BCUT2D eigenvalue weighted by atomic mass is 35.5. The van der Waals surface area contributed by atoms with E-state index >= 15 is 0 Å². The fourth-order valence-electron chi connectivity index (χ4n) is 2.74. The molecule has 1 aromatic rings. The van der Waals surface area contributed by atoms with Crippen LogP contribution < -0.4 is 0 Å². The van der Waals surface area contributed by atoms with Gasteiger partial charge >= 0.3 is 5.97 Å². The zero-order valence-corrected chi connectivity index (χ0v) is 12.0. The summed E-state index contributed by atoms with van der Waals surface area (Å²) in [6.07, 6.45) is 2.68. The minimum absolute atomic E-state index is 0.235. The van der Waals surface area contributed by atoms with Gasteiger partial charge in [0, 0.05) is 18.1 Å².